The third-order valence-electron chi connectivity index (χ3n) is 4.87. The molecule has 1 aliphatic rings. The topological polar surface area (TPSA) is 75.9 Å². The molecule has 1 fully saturated rings. The van der Waals surface area contributed by atoms with E-state index in [0.717, 1.165) is 30.8 Å². The van der Waals surface area contributed by atoms with Crippen LogP contribution in [0, 0.1) is 0 Å². The van der Waals surface area contributed by atoms with Gasteiger partial charge >= 0.3 is 0 Å². The van der Waals surface area contributed by atoms with Crippen molar-refractivity contribution in [2.45, 2.75) is 23.9 Å². The summed E-state index contributed by atoms with van der Waals surface area (Å²) in [5.41, 5.74) is 1.45. The van der Waals surface area contributed by atoms with Crippen LogP contribution in [0.2, 0.25) is 5.15 Å². The van der Waals surface area contributed by atoms with Gasteiger partial charge in [0.25, 0.3) is 10.0 Å². The third-order valence-corrected chi connectivity index (χ3v) is 6.79. The van der Waals surface area contributed by atoms with Gasteiger partial charge in [0.1, 0.15) is 11.4 Å². The van der Waals surface area contributed by atoms with Gasteiger partial charge in [-0.25, -0.2) is 18.1 Å². The van der Waals surface area contributed by atoms with E-state index in [1.54, 1.807) is 31.5 Å². The number of ether oxygens (including phenoxy) is 1. The number of piperidine rings is 1. The Balaban J connectivity index is 1.59. The Hall–Kier alpha value is -2.29. The van der Waals surface area contributed by atoms with Crippen molar-refractivity contribution in [3.63, 3.8) is 0 Å². The number of nitrogens with zero attached hydrogens (tertiary/aromatic N) is 3. The maximum Gasteiger partial charge on any atom is 0.260 e. The average molecular weight is 421 g/mol. The number of sulfonamides is 1. The lowest BCUT2D eigenvalue weighted by atomic mass is 10.1. The molecule has 0 amide bonds. The Morgan fingerprint density at radius 1 is 1.21 bits per heavy atom. The second kappa shape index (κ2) is 7.62. The molecule has 2 aromatic heterocycles. The highest BCUT2D eigenvalue weighted by Crippen LogP contribution is 2.30. The van der Waals surface area contributed by atoms with E-state index in [9.17, 15) is 8.42 Å². The number of nitrogens with one attached hydrogen (secondary N) is 1. The summed E-state index contributed by atoms with van der Waals surface area (Å²) in [4.78, 5) is 6.28. The zero-order valence-electron chi connectivity index (χ0n) is 15.4. The van der Waals surface area contributed by atoms with E-state index in [4.69, 9.17) is 16.3 Å². The van der Waals surface area contributed by atoms with E-state index in [1.165, 1.54) is 4.40 Å². The molecule has 28 heavy (non-hydrogen) atoms. The molecule has 148 valence electrons. The number of methoxy groups -OCH3 is 1. The predicted octanol–water partition coefficient (Wildman–Crippen LogP) is 2.94. The summed E-state index contributed by atoms with van der Waals surface area (Å²) in [6.45, 7) is 1.39. The molecule has 3 heterocycles. The normalized spacial score (nSPS) is 17.8. The zero-order valence-corrected chi connectivity index (χ0v) is 16.9. The summed E-state index contributed by atoms with van der Waals surface area (Å²) >= 11 is 6.16. The molecule has 0 bridgehead atoms. The standard InChI is InChI=1S/C19H21ClN4O3S/c1-27-16-9-3-2-8-15(16)23-11-6-7-14(13-23)22-28(25,26)19-18(20)21-17-10-4-5-12-24(17)19/h2-5,8-10,12,14,22H,6-7,11,13H2,1H3. The molecular weight excluding hydrogens is 400 g/mol. The fourth-order valence-electron chi connectivity index (χ4n) is 3.64. The van der Waals surface area contributed by atoms with Crippen molar-refractivity contribution < 1.29 is 13.2 Å². The number of para-hydroxylation sites is 2. The molecule has 1 atom stereocenters. The predicted molar refractivity (Wildman–Crippen MR) is 109 cm³/mol. The molecule has 4 rings (SSSR count). The molecular formula is C19H21ClN4O3S. The van der Waals surface area contributed by atoms with Gasteiger partial charge in [-0.2, -0.15) is 0 Å². The lowest BCUT2D eigenvalue weighted by molar-refractivity contribution is 0.409. The molecule has 9 heteroatoms. The molecule has 3 aromatic rings. The van der Waals surface area contributed by atoms with Crippen LogP contribution in [0.4, 0.5) is 5.69 Å². The van der Waals surface area contributed by atoms with Gasteiger partial charge in [-0.3, -0.25) is 4.40 Å². The largest absolute Gasteiger partial charge is 0.495 e. The van der Waals surface area contributed by atoms with Crippen LogP contribution < -0.4 is 14.4 Å². The molecule has 7 nitrogen and oxygen atoms in total. The third kappa shape index (κ3) is 3.55. The maximum atomic E-state index is 13.1. The minimum absolute atomic E-state index is 0.0285. The SMILES string of the molecule is COc1ccccc1N1CCCC(NS(=O)(=O)c2c(Cl)nc3ccccn23)C1. The second-order valence-corrected chi connectivity index (χ2v) is 8.70. The number of aromatic nitrogens is 2. The van der Waals surface area contributed by atoms with Crippen LogP contribution in [-0.4, -0.2) is 44.0 Å². The summed E-state index contributed by atoms with van der Waals surface area (Å²) in [7, 11) is -2.20. The smallest absolute Gasteiger partial charge is 0.260 e. The van der Waals surface area contributed by atoms with Gasteiger partial charge in [0.2, 0.25) is 0 Å². The fraction of sp³-hybridized carbons (Fsp3) is 0.316. The van der Waals surface area contributed by atoms with Crippen molar-refractivity contribution in [1.82, 2.24) is 14.1 Å². The number of imidazole rings is 1. The first-order chi connectivity index (χ1) is 13.5. The Labute approximate surface area is 168 Å². The maximum absolute atomic E-state index is 13.1. The number of hydrogen-bond donors (Lipinski definition) is 1. The zero-order chi connectivity index (χ0) is 19.7. The van der Waals surface area contributed by atoms with Crippen LogP contribution in [0.1, 0.15) is 12.8 Å². The monoisotopic (exact) mass is 420 g/mol. The summed E-state index contributed by atoms with van der Waals surface area (Å²) in [6.07, 6.45) is 3.26. The van der Waals surface area contributed by atoms with E-state index < -0.39 is 10.0 Å². The lowest BCUT2D eigenvalue weighted by Gasteiger charge is -2.35. The Morgan fingerprint density at radius 2 is 2.00 bits per heavy atom. The number of rotatable bonds is 5. The van der Waals surface area contributed by atoms with Gasteiger partial charge in [0.05, 0.1) is 12.8 Å². The summed E-state index contributed by atoms with van der Waals surface area (Å²) in [5.74, 6) is 0.774. The molecule has 1 aromatic carbocycles. The number of hydrogen-bond acceptors (Lipinski definition) is 5. The van der Waals surface area contributed by atoms with E-state index in [-0.39, 0.29) is 16.2 Å². The minimum atomic E-state index is -3.83. The first-order valence-electron chi connectivity index (χ1n) is 9.02. The highest BCUT2D eigenvalue weighted by molar-refractivity contribution is 7.89. The first-order valence-corrected chi connectivity index (χ1v) is 10.9. The number of pyridine rings is 1. The summed E-state index contributed by atoms with van der Waals surface area (Å²) < 4.78 is 35.9. The fourth-order valence-corrected chi connectivity index (χ4v) is 5.55. The van der Waals surface area contributed by atoms with Crippen molar-refractivity contribution in [3.05, 3.63) is 53.8 Å². The molecule has 1 saturated heterocycles. The molecule has 0 radical (unpaired) electrons. The van der Waals surface area contributed by atoms with Crippen molar-refractivity contribution in [1.29, 1.82) is 0 Å². The van der Waals surface area contributed by atoms with Gasteiger partial charge in [0.15, 0.2) is 10.2 Å². The van der Waals surface area contributed by atoms with Gasteiger partial charge in [-0.15, -0.1) is 0 Å². The van der Waals surface area contributed by atoms with Crippen molar-refractivity contribution in [2.75, 3.05) is 25.1 Å². The van der Waals surface area contributed by atoms with Gasteiger partial charge in [-0.05, 0) is 37.1 Å². The van der Waals surface area contributed by atoms with E-state index in [0.29, 0.717) is 12.2 Å². The van der Waals surface area contributed by atoms with E-state index in [1.807, 2.05) is 24.3 Å². The van der Waals surface area contributed by atoms with E-state index in [2.05, 4.69) is 14.6 Å². The molecule has 1 aliphatic heterocycles. The van der Waals surface area contributed by atoms with Crippen molar-refractivity contribution in [3.8, 4) is 5.75 Å². The number of fused-ring (bicyclic) bond motifs is 1. The minimum Gasteiger partial charge on any atom is -0.495 e. The lowest BCUT2D eigenvalue weighted by Crippen LogP contribution is -2.48. The first kappa shape index (κ1) is 19.0. The molecule has 0 spiro atoms. The van der Waals surface area contributed by atoms with Crippen LogP contribution in [0.3, 0.4) is 0 Å². The quantitative estimate of drug-likeness (QED) is 0.686. The van der Waals surface area contributed by atoms with Gasteiger partial charge < -0.3 is 9.64 Å². The second-order valence-electron chi connectivity index (χ2n) is 6.71. The molecule has 0 saturated carbocycles. The highest BCUT2D eigenvalue weighted by atomic mass is 35.5. The number of benzene rings is 1. The number of halogens is 1. The van der Waals surface area contributed by atoms with Gasteiger partial charge in [-0.1, -0.05) is 29.8 Å². The van der Waals surface area contributed by atoms with Crippen molar-refractivity contribution in [2.24, 2.45) is 0 Å². The average Bonchev–Trinajstić information content (AvgIpc) is 3.04. The Bertz CT molecular complexity index is 1100. The van der Waals surface area contributed by atoms with Crippen LogP contribution >= 0.6 is 11.6 Å². The van der Waals surface area contributed by atoms with Crippen LogP contribution in [0.25, 0.3) is 5.65 Å². The molecule has 1 N–H and O–H groups in total. The molecule has 0 aliphatic carbocycles. The van der Waals surface area contributed by atoms with Crippen LogP contribution in [0.5, 0.6) is 5.75 Å². The van der Waals surface area contributed by atoms with Crippen LogP contribution in [-0.2, 0) is 10.0 Å². The Kier molecular flexibility index (Phi) is 5.18. The summed E-state index contributed by atoms with van der Waals surface area (Å²) in [5, 5.41) is -0.0599. The van der Waals surface area contributed by atoms with Crippen LogP contribution in [0.15, 0.2) is 53.7 Å². The Morgan fingerprint density at radius 3 is 2.82 bits per heavy atom. The highest BCUT2D eigenvalue weighted by Gasteiger charge is 2.30. The van der Waals surface area contributed by atoms with Crippen molar-refractivity contribution >= 4 is 33.0 Å². The molecule has 1 unspecified atom stereocenters. The number of anilines is 1. The van der Waals surface area contributed by atoms with Gasteiger partial charge in [0, 0.05) is 25.3 Å². The summed E-state index contributed by atoms with van der Waals surface area (Å²) in [6, 6.07) is 12.8. The van der Waals surface area contributed by atoms with E-state index >= 15 is 0 Å².